The lowest BCUT2D eigenvalue weighted by atomic mass is 10.1. The maximum atomic E-state index is 12.1. The van der Waals surface area contributed by atoms with Gasteiger partial charge in [0, 0.05) is 26.2 Å². The average Bonchev–Trinajstić information content (AvgIpc) is 2.80. The molecule has 0 aliphatic carbocycles. The Hall–Kier alpha value is -1.55. The van der Waals surface area contributed by atoms with E-state index in [1.807, 2.05) is 30.0 Å². The van der Waals surface area contributed by atoms with Crippen molar-refractivity contribution in [2.75, 3.05) is 30.4 Å². The molecular weight excluding hydrogens is 228 g/mol. The Kier molecular flexibility index (Phi) is 4.20. The van der Waals surface area contributed by atoms with Crippen molar-refractivity contribution in [1.82, 2.24) is 0 Å². The lowest BCUT2D eigenvalue weighted by Crippen LogP contribution is -2.29. The number of anilines is 2. The van der Waals surface area contributed by atoms with Crippen LogP contribution in [0.4, 0.5) is 11.4 Å². The quantitative estimate of drug-likeness (QED) is 0.640. The molecular formula is C14H20N2O2. The highest BCUT2D eigenvalue weighted by molar-refractivity contribution is 5.98. The second-order valence-corrected chi connectivity index (χ2v) is 4.45. The van der Waals surface area contributed by atoms with Crippen LogP contribution in [0.5, 0.6) is 0 Å². The van der Waals surface area contributed by atoms with Gasteiger partial charge in [0.05, 0.1) is 11.4 Å². The molecule has 2 N–H and O–H groups in total. The summed E-state index contributed by atoms with van der Waals surface area (Å²) >= 11 is 0. The minimum atomic E-state index is 0.145. The minimum Gasteiger partial charge on any atom is -0.397 e. The Morgan fingerprint density at radius 3 is 3.11 bits per heavy atom. The van der Waals surface area contributed by atoms with Crippen LogP contribution in [0.3, 0.4) is 0 Å². The van der Waals surface area contributed by atoms with Gasteiger partial charge in [0.15, 0.2) is 0 Å². The molecule has 0 aromatic heterocycles. The largest absolute Gasteiger partial charge is 0.397 e. The molecule has 1 heterocycles. The fraction of sp³-hybridized carbons (Fsp3) is 0.500. The highest BCUT2D eigenvalue weighted by atomic mass is 16.5. The normalized spacial score (nSPS) is 13.7. The summed E-state index contributed by atoms with van der Waals surface area (Å²) < 4.78 is 5.24. The number of nitrogens with two attached hydrogens (primary N) is 1. The SMILES string of the molecule is CCOCCCC(=O)N1CCc2cccc(N)c21. The van der Waals surface area contributed by atoms with E-state index in [1.54, 1.807) is 0 Å². The second kappa shape index (κ2) is 5.87. The fourth-order valence-corrected chi connectivity index (χ4v) is 2.34. The predicted octanol–water partition coefficient (Wildman–Crippen LogP) is 1.97. The number of fused-ring (bicyclic) bond motifs is 1. The van der Waals surface area contributed by atoms with Gasteiger partial charge in [-0.25, -0.2) is 0 Å². The molecule has 0 bridgehead atoms. The fourth-order valence-electron chi connectivity index (χ4n) is 2.34. The average molecular weight is 248 g/mol. The number of ether oxygens (including phenoxy) is 1. The van der Waals surface area contributed by atoms with Crippen LogP contribution < -0.4 is 10.6 Å². The molecule has 4 nitrogen and oxygen atoms in total. The van der Waals surface area contributed by atoms with Crippen LogP contribution >= 0.6 is 0 Å². The molecule has 1 aliphatic heterocycles. The van der Waals surface area contributed by atoms with Crippen molar-refractivity contribution < 1.29 is 9.53 Å². The summed E-state index contributed by atoms with van der Waals surface area (Å²) in [5, 5.41) is 0. The number of benzene rings is 1. The third kappa shape index (κ3) is 2.64. The topological polar surface area (TPSA) is 55.6 Å². The van der Waals surface area contributed by atoms with Gasteiger partial charge in [0.1, 0.15) is 0 Å². The van der Waals surface area contributed by atoms with Gasteiger partial charge in [-0.3, -0.25) is 4.79 Å². The monoisotopic (exact) mass is 248 g/mol. The van der Waals surface area contributed by atoms with Crippen LogP contribution in [0, 0.1) is 0 Å². The molecule has 1 amide bonds. The lowest BCUT2D eigenvalue weighted by molar-refractivity contribution is -0.118. The van der Waals surface area contributed by atoms with Crippen molar-refractivity contribution >= 4 is 17.3 Å². The third-order valence-corrected chi connectivity index (χ3v) is 3.21. The molecule has 0 radical (unpaired) electrons. The summed E-state index contributed by atoms with van der Waals surface area (Å²) in [5.41, 5.74) is 8.75. The number of rotatable bonds is 5. The van der Waals surface area contributed by atoms with Crippen LogP contribution in [0.15, 0.2) is 18.2 Å². The maximum Gasteiger partial charge on any atom is 0.227 e. The molecule has 0 saturated heterocycles. The molecule has 1 aromatic carbocycles. The first-order valence-corrected chi connectivity index (χ1v) is 6.49. The summed E-state index contributed by atoms with van der Waals surface area (Å²) in [4.78, 5) is 14.0. The van der Waals surface area contributed by atoms with Gasteiger partial charge < -0.3 is 15.4 Å². The number of hydrogen-bond donors (Lipinski definition) is 1. The zero-order valence-corrected chi connectivity index (χ0v) is 10.8. The van der Waals surface area contributed by atoms with Gasteiger partial charge in [-0.15, -0.1) is 0 Å². The van der Waals surface area contributed by atoms with Crippen molar-refractivity contribution in [3.8, 4) is 0 Å². The van der Waals surface area contributed by atoms with Gasteiger partial charge in [-0.1, -0.05) is 12.1 Å². The van der Waals surface area contributed by atoms with Gasteiger partial charge >= 0.3 is 0 Å². The van der Waals surface area contributed by atoms with E-state index in [0.29, 0.717) is 25.3 Å². The number of carbonyl (C=O) groups excluding carboxylic acids is 1. The second-order valence-electron chi connectivity index (χ2n) is 4.45. The summed E-state index contributed by atoms with van der Waals surface area (Å²) in [5.74, 6) is 0.145. The molecule has 0 saturated carbocycles. The van der Waals surface area contributed by atoms with Crippen molar-refractivity contribution in [3.63, 3.8) is 0 Å². The van der Waals surface area contributed by atoms with E-state index in [-0.39, 0.29) is 5.91 Å². The zero-order chi connectivity index (χ0) is 13.0. The van der Waals surface area contributed by atoms with E-state index in [0.717, 1.165) is 25.1 Å². The van der Waals surface area contributed by atoms with Gasteiger partial charge in [0.2, 0.25) is 5.91 Å². The van der Waals surface area contributed by atoms with Crippen molar-refractivity contribution in [2.45, 2.75) is 26.2 Å². The van der Waals surface area contributed by atoms with Crippen molar-refractivity contribution in [3.05, 3.63) is 23.8 Å². The van der Waals surface area contributed by atoms with Crippen LogP contribution in [0.2, 0.25) is 0 Å². The summed E-state index contributed by atoms with van der Waals surface area (Å²) in [6.45, 7) is 4.05. The summed E-state index contributed by atoms with van der Waals surface area (Å²) in [6, 6.07) is 5.83. The molecule has 98 valence electrons. The molecule has 0 unspecified atom stereocenters. The molecule has 0 fully saturated rings. The lowest BCUT2D eigenvalue weighted by Gasteiger charge is -2.18. The smallest absolute Gasteiger partial charge is 0.227 e. The molecule has 2 rings (SSSR count). The van der Waals surface area contributed by atoms with Crippen LogP contribution in [0.25, 0.3) is 0 Å². The maximum absolute atomic E-state index is 12.1. The Labute approximate surface area is 108 Å². The van der Waals surface area contributed by atoms with E-state index in [4.69, 9.17) is 10.5 Å². The van der Waals surface area contributed by atoms with Crippen molar-refractivity contribution in [2.24, 2.45) is 0 Å². The van der Waals surface area contributed by atoms with Crippen LogP contribution in [-0.2, 0) is 16.0 Å². The summed E-state index contributed by atoms with van der Waals surface area (Å²) in [6.07, 6.45) is 2.19. The van der Waals surface area contributed by atoms with E-state index in [2.05, 4.69) is 0 Å². The van der Waals surface area contributed by atoms with E-state index < -0.39 is 0 Å². The number of nitrogen functional groups attached to an aromatic ring is 1. The Bertz CT molecular complexity index is 432. The number of nitrogens with zero attached hydrogens (tertiary/aromatic N) is 1. The van der Waals surface area contributed by atoms with E-state index in [9.17, 15) is 4.79 Å². The zero-order valence-electron chi connectivity index (χ0n) is 10.8. The first-order chi connectivity index (χ1) is 8.74. The Morgan fingerprint density at radius 1 is 1.50 bits per heavy atom. The van der Waals surface area contributed by atoms with E-state index >= 15 is 0 Å². The molecule has 0 spiro atoms. The van der Waals surface area contributed by atoms with Gasteiger partial charge in [-0.2, -0.15) is 0 Å². The van der Waals surface area contributed by atoms with Gasteiger partial charge in [-0.05, 0) is 31.4 Å². The van der Waals surface area contributed by atoms with Crippen LogP contribution in [-0.4, -0.2) is 25.7 Å². The molecule has 4 heteroatoms. The highest BCUT2D eigenvalue weighted by Gasteiger charge is 2.25. The molecule has 0 atom stereocenters. The number of para-hydroxylation sites is 1. The first-order valence-electron chi connectivity index (χ1n) is 6.49. The first kappa shape index (κ1) is 12.9. The number of amides is 1. The van der Waals surface area contributed by atoms with Crippen LogP contribution in [0.1, 0.15) is 25.3 Å². The third-order valence-electron chi connectivity index (χ3n) is 3.21. The highest BCUT2D eigenvalue weighted by Crippen LogP contribution is 2.33. The molecule has 18 heavy (non-hydrogen) atoms. The van der Waals surface area contributed by atoms with E-state index in [1.165, 1.54) is 5.56 Å². The standard InChI is InChI=1S/C14H20N2O2/c1-2-18-10-4-7-13(17)16-9-8-11-5-3-6-12(15)14(11)16/h3,5-6H,2,4,7-10,15H2,1H3. The number of carbonyl (C=O) groups is 1. The van der Waals surface area contributed by atoms with Crippen molar-refractivity contribution in [1.29, 1.82) is 0 Å². The summed E-state index contributed by atoms with van der Waals surface area (Å²) in [7, 11) is 0. The predicted molar refractivity (Wildman–Crippen MR) is 72.6 cm³/mol. The Morgan fingerprint density at radius 2 is 2.33 bits per heavy atom. The Balaban J connectivity index is 1.98. The van der Waals surface area contributed by atoms with Gasteiger partial charge in [0.25, 0.3) is 0 Å². The molecule has 1 aromatic rings. The minimum absolute atomic E-state index is 0.145. The number of hydrogen-bond acceptors (Lipinski definition) is 3. The molecule has 1 aliphatic rings.